The summed E-state index contributed by atoms with van der Waals surface area (Å²) in [7, 11) is 0. The predicted octanol–water partition coefficient (Wildman–Crippen LogP) is 16.9. The van der Waals surface area contributed by atoms with Crippen molar-refractivity contribution in [2.45, 2.75) is 0 Å². The molecule has 0 spiro atoms. The largest absolute Gasteiger partial charge is 0.458 e. The molecule has 0 aliphatic rings. The molecule has 0 N–H and O–H groups in total. The van der Waals surface area contributed by atoms with E-state index in [0.29, 0.717) is 17.3 Å². The number of benzene rings is 10. The summed E-state index contributed by atoms with van der Waals surface area (Å²) in [5.41, 5.74) is 16.2. The smallest absolute Gasteiger partial charge is 0.271 e. The Balaban J connectivity index is 0.819. The van der Waals surface area contributed by atoms with Gasteiger partial charge in [-0.15, -0.1) is 0 Å². The highest BCUT2D eigenvalue weighted by Crippen LogP contribution is 2.41. The predicted molar refractivity (Wildman–Crippen MR) is 320 cm³/mol. The van der Waals surface area contributed by atoms with Gasteiger partial charge in [0.1, 0.15) is 17.3 Å². The monoisotopic (exact) mass is 1010 g/mol. The lowest BCUT2D eigenvalue weighted by Crippen LogP contribution is -2.30. The van der Waals surface area contributed by atoms with E-state index in [4.69, 9.17) is 14.7 Å². The van der Waals surface area contributed by atoms with Gasteiger partial charge < -0.3 is 13.9 Å². The maximum absolute atomic E-state index is 6.84. The number of aromatic nitrogens is 7. The molecule has 16 aromatic rings. The molecule has 10 aromatic carbocycles. The van der Waals surface area contributed by atoms with Gasteiger partial charge >= 0.3 is 0 Å². The molecular formula is C71H45N7O. The van der Waals surface area contributed by atoms with Crippen LogP contribution in [0.1, 0.15) is 0 Å². The zero-order valence-corrected chi connectivity index (χ0v) is 42.5. The normalized spacial score (nSPS) is 11.8. The molecule has 6 aromatic heterocycles. The van der Waals surface area contributed by atoms with Crippen LogP contribution in [0.15, 0.2) is 273 Å². The Labute approximate surface area is 453 Å². The van der Waals surface area contributed by atoms with Crippen LogP contribution in [0.5, 0.6) is 11.5 Å². The highest BCUT2D eigenvalue weighted by atomic mass is 16.5. The Morgan fingerprint density at radius 2 is 0.987 bits per heavy atom. The molecule has 79 heavy (non-hydrogen) atoms. The van der Waals surface area contributed by atoms with Gasteiger partial charge in [-0.25, -0.2) is 4.98 Å². The molecule has 6 heterocycles. The lowest BCUT2D eigenvalue weighted by atomic mass is 10.0. The molecule has 0 radical (unpaired) electrons. The van der Waals surface area contributed by atoms with Crippen molar-refractivity contribution in [1.82, 2.24) is 28.2 Å². The first-order valence-electron chi connectivity index (χ1n) is 26.6. The fourth-order valence-corrected chi connectivity index (χ4v) is 12.1. The summed E-state index contributed by atoms with van der Waals surface area (Å²) in [6.07, 6.45) is 7.47. The van der Waals surface area contributed by atoms with Gasteiger partial charge in [0.25, 0.3) is 6.33 Å². The van der Waals surface area contributed by atoms with Gasteiger partial charge in [0.2, 0.25) is 0 Å². The summed E-state index contributed by atoms with van der Waals surface area (Å²) >= 11 is 0. The second-order valence-electron chi connectivity index (χ2n) is 20.0. The minimum Gasteiger partial charge on any atom is -0.458 e. The van der Waals surface area contributed by atoms with E-state index in [2.05, 4.69) is 261 Å². The first-order chi connectivity index (χ1) is 39.2. The molecule has 0 amide bonds. The van der Waals surface area contributed by atoms with Crippen molar-refractivity contribution in [3.8, 4) is 62.5 Å². The Morgan fingerprint density at radius 1 is 0.367 bits per heavy atom. The van der Waals surface area contributed by atoms with Crippen LogP contribution >= 0.6 is 0 Å². The van der Waals surface area contributed by atoms with Crippen molar-refractivity contribution in [1.29, 1.82) is 0 Å². The lowest BCUT2D eigenvalue weighted by Gasteiger charge is -2.15. The van der Waals surface area contributed by atoms with Crippen LogP contribution in [0.4, 0.5) is 0 Å². The summed E-state index contributed by atoms with van der Waals surface area (Å²) in [6.45, 7) is 0. The van der Waals surface area contributed by atoms with Crippen molar-refractivity contribution in [2.75, 3.05) is 0 Å². The van der Waals surface area contributed by atoms with E-state index < -0.39 is 0 Å². The fraction of sp³-hybridized carbons (Fsp3) is 0. The quantitative estimate of drug-likeness (QED) is 0.107. The molecular weight excluding hydrogens is 967 g/mol. The Kier molecular flexibility index (Phi) is 10.1. The van der Waals surface area contributed by atoms with E-state index in [0.717, 1.165) is 89.0 Å². The van der Waals surface area contributed by atoms with Crippen molar-refractivity contribution in [3.05, 3.63) is 280 Å². The third kappa shape index (κ3) is 7.12. The SMILES string of the molecule is [c-]1n(-c2cc(Oc3ccc4c5cc(-c6ccccc6)ccc5n(-c5ccc(-n6c7ccccc7c7cccc(-n8c9ccccc9c9ccccc98)c76)cn5)c4c3)ccn2)c2ccccc2[n+]1-c1ccccc1-c1ccccc1. The van der Waals surface area contributed by atoms with E-state index in [1.165, 1.54) is 32.6 Å². The van der Waals surface area contributed by atoms with Gasteiger partial charge in [-0.2, -0.15) is 0 Å². The maximum Gasteiger partial charge on any atom is 0.271 e. The summed E-state index contributed by atoms with van der Waals surface area (Å²) in [6, 6.07) is 91.9. The number of nitrogens with zero attached hydrogens (tertiary/aromatic N) is 7. The van der Waals surface area contributed by atoms with Crippen molar-refractivity contribution < 1.29 is 9.30 Å². The van der Waals surface area contributed by atoms with E-state index in [-0.39, 0.29) is 0 Å². The first kappa shape index (κ1) is 44.5. The number of fused-ring (bicyclic) bond motifs is 10. The minimum atomic E-state index is 0.648. The highest BCUT2D eigenvalue weighted by molar-refractivity contribution is 6.15. The molecule has 0 fully saturated rings. The van der Waals surface area contributed by atoms with E-state index in [9.17, 15) is 0 Å². The number of para-hydroxylation sites is 7. The molecule has 0 aliphatic carbocycles. The van der Waals surface area contributed by atoms with E-state index in [1.807, 2.05) is 35.0 Å². The van der Waals surface area contributed by atoms with Gasteiger partial charge in [0.15, 0.2) is 5.82 Å². The number of hydrogen-bond donors (Lipinski definition) is 0. The Morgan fingerprint density at radius 3 is 1.75 bits per heavy atom. The molecule has 0 unspecified atom stereocenters. The zero-order valence-electron chi connectivity index (χ0n) is 42.5. The average molecular weight is 1010 g/mol. The fourth-order valence-electron chi connectivity index (χ4n) is 12.1. The van der Waals surface area contributed by atoms with Crippen molar-refractivity contribution >= 4 is 76.5 Å². The van der Waals surface area contributed by atoms with Gasteiger partial charge in [0.05, 0.1) is 67.4 Å². The first-order valence-corrected chi connectivity index (χ1v) is 26.6. The van der Waals surface area contributed by atoms with Crippen LogP contribution in [0.3, 0.4) is 0 Å². The number of pyridine rings is 2. The number of rotatable bonds is 9. The molecule has 0 saturated carbocycles. The van der Waals surface area contributed by atoms with Crippen LogP contribution in [0.25, 0.3) is 127 Å². The van der Waals surface area contributed by atoms with Crippen LogP contribution in [0.2, 0.25) is 0 Å². The standard InChI is InChI=1S/C71H45N7O/c1-3-18-47(19-4-1)49-34-38-64-59(42-49)57-37-36-51(79-52-40-41-72-70(44-52)75-46-74(65-31-15-16-32-66(65)75)60-27-11-7-22-53(60)48-20-5-2-6-21-48)43-68(57)78(64)69-39-35-50(45-73-69)76-61-28-12-10-25-56(61)58-26-17-33-67(71(58)76)77-62-29-13-8-23-54(62)55-24-9-14-30-63(55)77/h1-45H. The lowest BCUT2D eigenvalue weighted by molar-refractivity contribution is -0.571. The van der Waals surface area contributed by atoms with Gasteiger partial charge in [-0.05, 0) is 95.1 Å². The van der Waals surface area contributed by atoms with Crippen LogP contribution < -0.4 is 9.30 Å². The number of ether oxygens (including phenoxy) is 1. The van der Waals surface area contributed by atoms with Crippen molar-refractivity contribution in [2.24, 2.45) is 0 Å². The summed E-state index contributed by atoms with van der Waals surface area (Å²) in [4.78, 5) is 10.3. The van der Waals surface area contributed by atoms with E-state index in [1.54, 1.807) is 6.20 Å². The molecule has 8 nitrogen and oxygen atoms in total. The highest BCUT2D eigenvalue weighted by Gasteiger charge is 2.22. The molecule has 8 heteroatoms. The van der Waals surface area contributed by atoms with Crippen LogP contribution in [0, 0.1) is 6.33 Å². The van der Waals surface area contributed by atoms with Crippen molar-refractivity contribution in [3.63, 3.8) is 0 Å². The molecule has 16 rings (SSSR count). The van der Waals surface area contributed by atoms with Gasteiger partial charge in [0, 0.05) is 50.6 Å². The maximum atomic E-state index is 6.84. The second-order valence-corrected chi connectivity index (χ2v) is 20.0. The van der Waals surface area contributed by atoms with Gasteiger partial charge in [-0.3, -0.25) is 18.7 Å². The molecule has 0 saturated heterocycles. The molecule has 0 bridgehead atoms. The summed E-state index contributed by atoms with van der Waals surface area (Å²) < 4.78 is 18.0. The second kappa shape index (κ2) is 17.9. The Hall–Kier alpha value is -10.8. The number of hydrogen-bond acceptors (Lipinski definition) is 3. The van der Waals surface area contributed by atoms with Crippen LogP contribution in [-0.2, 0) is 0 Å². The molecule has 0 aliphatic heterocycles. The molecule has 370 valence electrons. The van der Waals surface area contributed by atoms with Crippen LogP contribution in [-0.4, -0.2) is 28.2 Å². The average Bonchev–Trinajstić information content (AvgIpc) is 4.46. The minimum absolute atomic E-state index is 0.648. The van der Waals surface area contributed by atoms with Gasteiger partial charge in [-0.1, -0.05) is 176 Å². The topological polar surface area (TPSA) is 58.6 Å². The Bertz CT molecular complexity index is 4990. The number of imidazole rings is 1. The molecule has 0 atom stereocenters. The third-order valence-corrected chi connectivity index (χ3v) is 15.5. The summed E-state index contributed by atoms with van der Waals surface area (Å²) in [5, 5.41) is 7.03. The summed E-state index contributed by atoms with van der Waals surface area (Å²) in [5.74, 6) is 2.81. The zero-order chi connectivity index (χ0) is 52.0. The third-order valence-electron chi connectivity index (χ3n) is 15.5. The van der Waals surface area contributed by atoms with E-state index >= 15 is 0 Å².